The first kappa shape index (κ1) is 13.3. The van der Waals surface area contributed by atoms with Gasteiger partial charge in [-0.15, -0.1) is 0 Å². The molecule has 0 aliphatic rings. The maximum absolute atomic E-state index is 12.0. The van der Waals surface area contributed by atoms with Gasteiger partial charge in [0.05, 0.1) is 0 Å². The Labute approximate surface area is 115 Å². The Kier molecular flexibility index (Phi) is 5.38. The maximum Gasteiger partial charge on any atom is 1.00 e. The Bertz CT molecular complexity index is 304. The van der Waals surface area contributed by atoms with Gasteiger partial charge in [-0.1, -0.05) is 11.5 Å². The van der Waals surface area contributed by atoms with E-state index in [4.69, 9.17) is 0 Å². The first-order valence-corrected chi connectivity index (χ1v) is 3.14. The molecule has 0 atom stereocenters. The predicted octanol–water partition coefficient (Wildman–Crippen LogP) is -2.05. The molecule has 1 aromatic heterocycles. The summed E-state index contributed by atoms with van der Waals surface area (Å²) in [7, 11) is 0. The number of carbonyl (C=O) groups excluding carboxylic acids is 1. The molecule has 1 rings (SSSR count). The van der Waals surface area contributed by atoms with Crippen molar-refractivity contribution in [3.05, 3.63) is 24.0 Å². The molecule has 64 valence electrons. The van der Waals surface area contributed by atoms with Crippen LogP contribution in [0.4, 0.5) is 12.9 Å². The summed E-state index contributed by atoms with van der Waals surface area (Å²) in [6, 6.07) is 0.778. The molecule has 1 aromatic rings. The molecule has 0 unspecified atom stereocenters. The monoisotopic (exact) mass is 213 g/mol. The van der Waals surface area contributed by atoms with E-state index in [1.165, 1.54) is 0 Å². The van der Waals surface area contributed by atoms with E-state index in [1.54, 1.807) is 0 Å². The topological polar surface area (TPSA) is 30.0 Å². The van der Waals surface area contributed by atoms with Crippen molar-refractivity contribution in [3.8, 4) is 0 Å². The zero-order valence-corrected chi connectivity index (χ0v) is 10.00. The van der Waals surface area contributed by atoms with Crippen LogP contribution >= 0.6 is 0 Å². The fourth-order valence-corrected chi connectivity index (χ4v) is 0.720. The number of hydrogen-bond acceptors (Lipinski definition) is 2. The van der Waals surface area contributed by atoms with Crippen LogP contribution < -0.4 is 56.8 Å². The Morgan fingerprint density at radius 2 is 1.92 bits per heavy atom. The van der Waals surface area contributed by atoms with Crippen LogP contribution in [0.1, 0.15) is 10.4 Å². The summed E-state index contributed by atoms with van der Waals surface area (Å²) in [4.78, 5) is 13.4. The average molecular weight is 213 g/mol. The third-order valence-electron chi connectivity index (χ3n) is 1.29. The van der Waals surface area contributed by atoms with Gasteiger partial charge in [0.15, 0.2) is 6.29 Å². The molecule has 0 aromatic carbocycles. The van der Waals surface area contributed by atoms with Crippen molar-refractivity contribution in [2.75, 3.05) is 0 Å². The van der Waals surface area contributed by atoms with Gasteiger partial charge in [-0.3, -0.25) is 9.78 Å². The molecule has 0 aliphatic heterocycles. The summed E-state index contributed by atoms with van der Waals surface area (Å²) in [5, 5.41) is 0. The quantitative estimate of drug-likeness (QED) is 0.418. The van der Waals surface area contributed by atoms with E-state index in [0.29, 0.717) is 12.5 Å². The number of carbonyl (C=O) groups is 1. The summed E-state index contributed by atoms with van der Waals surface area (Å²) < 4.78 is 36.0. The summed E-state index contributed by atoms with van der Waals surface area (Å²) >= 11 is 0. The second-order valence-electron chi connectivity index (χ2n) is 2.24. The molecule has 0 saturated carbocycles. The number of hydrogen-bond donors (Lipinski definition) is 0. The fraction of sp³-hybridized carbons (Fsp3) is 0. The SMILES string of the molecule is O=Cc1cncc([B-](F)(F)F)c1.[K+]. The molecular formula is C6H4BF3KNO. The van der Waals surface area contributed by atoms with Gasteiger partial charge in [0.25, 0.3) is 0 Å². The third kappa shape index (κ3) is 3.90. The van der Waals surface area contributed by atoms with Crippen molar-refractivity contribution in [1.82, 2.24) is 4.98 Å². The molecule has 7 heteroatoms. The fourth-order valence-electron chi connectivity index (χ4n) is 0.720. The van der Waals surface area contributed by atoms with Crippen LogP contribution in [-0.4, -0.2) is 18.2 Å². The Balaban J connectivity index is 0.00000144. The maximum atomic E-state index is 12.0. The van der Waals surface area contributed by atoms with Crippen molar-refractivity contribution < 1.29 is 69.1 Å². The van der Waals surface area contributed by atoms with Crippen LogP contribution in [-0.2, 0) is 0 Å². The Morgan fingerprint density at radius 1 is 1.31 bits per heavy atom. The number of pyridine rings is 1. The summed E-state index contributed by atoms with van der Waals surface area (Å²) in [6.45, 7) is -5.05. The van der Waals surface area contributed by atoms with E-state index >= 15 is 0 Å². The first-order chi connectivity index (χ1) is 5.54. The third-order valence-corrected chi connectivity index (χ3v) is 1.29. The predicted molar refractivity (Wildman–Crippen MR) is 38.3 cm³/mol. The van der Waals surface area contributed by atoms with Crippen LogP contribution in [0.2, 0.25) is 0 Å². The molecule has 0 saturated heterocycles. The summed E-state index contributed by atoms with van der Waals surface area (Å²) in [5.74, 6) is 0. The largest absolute Gasteiger partial charge is 1.00 e. The molecule has 0 spiro atoms. The number of aldehydes is 1. The van der Waals surface area contributed by atoms with Crippen LogP contribution in [0.25, 0.3) is 0 Å². The molecule has 1 heterocycles. The molecule has 0 radical (unpaired) electrons. The van der Waals surface area contributed by atoms with Crippen molar-refractivity contribution in [2.45, 2.75) is 0 Å². The minimum atomic E-state index is -5.05. The number of rotatable bonds is 2. The smallest absolute Gasteiger partial charge is 0.445 e. The molecule has 0 N–H and O–H groups in total. The van der Waals surface area contributed by atoms with E-state index in [2.05, 4.69) is 4.98 Å². The molecule has 0 fully saturated rings. The summed E-state index contributed by atoms with van der Waals surface area (Å²) in [6.07, 6.45) is 2.11. The van der Waals surface area contributed by atoms with E-state index in [0.717, 1.165) is 12.3 Å². The van der Waals surface area contributed by atoms with Gasteiger partial charge in [0, 0.05) is 11.8 Å². The number of aromatic nitrogens is 1. The van der Waals surface area contributed by atoms with E-state index < -0.39 is 12.4 Å². The van der Waals surface area contributed by atoms with E-state index in [9.17, 15) is 17.7 Å². The molecular weight excluding hydrogens is 209 g/mol. The zero-order valence-electron chi connectivity index (χ0n) is 6.88. The van der Waals surface area contributed by atoms with E-state index in [1.807, 2.05) is 0 Å². The molecule has 0 bridgehead atoms. The summed E-state index contributed by atoms with van der Waals surface area (Å²) in [5.41, 5.74) is -0.911. The van der Waals surface area contributed by atoms with Gasteiger partial charge in [-0.25, -0.2) is 0 Å². The van der Waals surface area contributed by atoms with E-state index in [-0.39, 0.29) is 56.9 Å². The number of nitrogens with zero attached hydrogens (tertiary/aromatic N) is 1. The molecule has 0 amide bonds. The van der Waals surface area contributed by atoms with Gasteiger partial charge in [0.2, 0.25) is 0 Å². The van der Waals surface area contributed by atoms with Crippen molar-refractivity contribution in [1.29, 1.82) is 0 Å². The zero-order chi connectivity index (χ0) is 9.19. The first-order valence-electron chi connectivity index (χ1n) is 3.14. The number of halogens is 3. The van der Waals surface area contributed by atoms with Gasteiger partial charge >= 0.3 is 58.4 Å². The van der Waals surface area contributed by atoms with Crippen molar-refractivity contribution in [2.24, 2.45) is 0 Å². The average Bonchev–Trinajstić information content (AvgIpc) is 2.03. The minimum Gasteiger partial charge on any atom is -0.445 e. The van der Waals surface area contributed by atoms with Crippen LogP contribution in [0.15, 0.2) is 18.5 Å². The van der Waals surface area contributed by atoms with Crippen LogP contribution in [0.3, 0.4) is 0 Å². The van der Waals surface area contributed by atoms with Crippen molar-refractivity contribution in [3.63, 3.8) is 0 Å². The molecule has 13 heavy (non-hydrogen) atoms. The normalized spacial score (nSPS) is 10.4. The molecule has 2 nitrogen and oxygen atoms in total. The van der Waals surface area contributed by atoms with Crippen LogP contribution in [0, 0.1) is 0 Å². The second-order valence-corrected chi connectivity index (χ2v) is 2.24. The standard InChI is InChI=1S/C6H4BF3NO.K/c8-7(9,10)6-1-5(4-12)2-11-3-6;/h1-4H;/q-1;+1. The van der Waals surface area contributed by atoms with Gasteiger partial charge < -0.3 is 12.9 Å². The van der Waals surface area contributed by atoms with Crippen molar-refractivity contribution >= 4 is 18.7 Å². The molecule has 0 aliphatic carbocycles. The second kappa shape index (κ2) is 5.26. The van der Waals surface area contributed by atoms with Gasteiger partial charge in [-0.2, -0.15) is 0 Å². The Morgan fingerprint density at radius 3 is 2.38 bits per heavy atom. The van der Waals surface area contributed by atoms with Crippen LogP contribution in [0.5, 0.6) is 0 Å². The minimum absolute atomic E-state index is 0. The van der Waals surface area contributed by atoms with Gasteiger partial charge in [0.1, 0.15) is 0 Å². The Hall–Kier alpha value is 0.311. The van der Waals surface area contributed by atoms with Gasteiger partial charge in [-0.05, 0) is 6.20 Å².